The summed E-state index contributed by atoms with van der Waals surface area (Å²) in [5.41, 5.74) is 1.29. The summed E-state index contributed by atoms with van der Waals surface area (Å²) in [5.74, 6) is 0.603. The van der Waals surface area contributed by atoms with Gasteiger partial charge in [-0.15, -0.1) is 12.4 Å². The molecule has 0 bridgehead atoms. The van der Waals surface area contributed by atoms with E-state index < -0.39 is 0 Å². The molecule has 0 aliphatic carbocycles. The molecule has 0 amide bonds. The number of benzene rings is 1. The maximum Gasteiger partial charge on any atom is 0 e. The van der Waals surface area contributed by atoms with Crippen molar-refractivity contribution in [3.8, 4) is 0 Å². The Morgan fingerprint density at radius 2 is 1.91 bits per heavy atom. The van der Waals surface area contributed by atoms with Crippen LogP contribution in [0.4, 0.5) is 0 Å². The zero-order valence-corrected chi connectivity index (χ0v) is 10.8. The molecular weight excluding hydrogens is 209 g/mol. The number of halogens is 1. The van der Waals surface area contributed by atoms with Gasteiger partial charge in [-0.1, -0.05) is 13.8 Å². The molecule has 0 aliphatic rings. The van der Waals surface area contributed by atoms with Crippen LogP contribution in [0.2, 0.25) is 0 Å². The topological polar surface area (TPSA) is 0 Å². The van der Waals surface area contributed by atoms with Gasteiger partial charge in [0.25, 0.3) is 0 Å². The smallest absolute Gasteiger partial charge is 0 e. The van der Waals surface area contributed by atoms with Gasteiger partial charge in [0.05, 0.1) is 0 Å². The molecule has 0 nitrogen and oxygen atoms in total. The van der Waals surface area contributed by atoms with Gasteiger partial charge in [0.15, 0.2) is 0 Å². The third-order valence-electron chi connectivity index (χ3n) is 1.36. The Morgan fingerprint density at radius 3 is 2.18 bits per heavy atom. The third kappa shape index (κ3) is 4.55. The van der Waals surface area contributed by atoms with Gasteiger partial charge in [0.2, 0.25) is 0 Å². The summed E-state index contributed by atoms with van der Waals surface area (Å²) in [6.45, 7) is 4.34. The molecule has 0 radical (unpaired) electrons. The van der Waals surface area contributed by atoms with Crippen LogP contribution in [-0.2, 0) is 19.5 Å². The average molecular weight is 221 g/mol. The fourth-order valence-electron chi connectivity index (χ4n) is 0.766. The second-order valence-corrected chi connectivity index (χ2v) is 2.47. The second kappa shape index (κ2) is 6.82. The monoisotopic (exact) mass is 219 g/mol. The van der Waals surface area contributed by atoms with Crippen molar-refractivity contribution in [2.45, 2.75) is 19.8 Å². The summed E-state index contributed by atoms with van der Waals surface area (Å²) >= 11 is 0. The van der Waals surface area contributed by atoms with Gasteiger partial charge < -0.3 is 0 Å². The molecule has 0 fully saturated rings. The molecule has 1 rings (SSSR count). The SMILES string of the molecule is CC(C)c1[c-]cccc1.Cl.[Zn]. The van der Waals surface area contributed by atoms with Crippen molar-refractivity contribution in [3.05, 3.63) is 35.9 Å². The summed E-state index contributed by atoms with van der Waals surface area (Å²) in [6, 6.07) is 11.3. The largest absolute Gasteiger partial charge is 0.180 e. The maximum absolute atomic E-state index is 3.17. The molecule has 0 saturated heterocycles. The van der Waals surface area contributed by atoms with Crippen molar-refractivity contribution >= 4 is 12.4 Å². The van der Waals surface area contributed by atoms with E-state index in [0.29, 0.717) is 5.92 Å². The van der Waals surface area contributed by atoms with Crippen molar-refractivity contribution in [1.82, 2.24) is 0 Å². The van der Waals surface area contributed by atoms with Gasteiger partial charge in [0, 0.05) is 19.5 Å². The number of hydrogen-bond acceptors (Lipinski definition) is 0. The standard InChI is InChI=1S/C9H11.ClH.Zn/c1-8(2)9-6-4-3-5-7-9;;/h3-6,8H,1-2H3;1H;/q-1;;. The van der Waals surface area contributed by atoms with Crippen LogP contribution in [0.15, 0.2) is 24.3 Å². The molecule has 0 aliphatic heterocycles. The summed E-state index contributed by atoms with van der Waals surface area (Å²) in [4.78, 5) is 0. The van der Waals surface area contributed by atoms with Crippen molar-refractivity contribution in [1.29, 1.82) is 0 Å². The van der Waals surface area contributed by atoms with E-state index in [2.05, 4.69) is 26.0 Å². The minimum atomic E-state index is 0. The average Bonchev–Trinajstić information content (AvgIpc) is 1.90. The van der Waals surface area contributed by atoms with Gasteiger partial charge in [-0.05, 0) is 5.92 Å². The molecule has 1 aromatic carbocycles. The Morgan fingerprint density at radius 1 is 1.27 bits per heavy atom. The van der Waals surface area contributed by atoms with Gasteiger partial charge in [0.1, 0.15) is 0 Å². The van der Waals surface area contributed by atoms with Crippen LogP contribution in [0.25, 0.3) is 0 Å². The zero-order valence-electron chi connectivity index (χ0n) is 7.00. The van der Waals surface area contributed by atoms with Gasteiger partial charge in [-0.3, -0.25) is 0 Å². The van der Waals surface area contributed by atoms with E-state index in [1.165, 1.54) is 5.56 Å². The predicted molar refractivity (Wildman–Crippen MR) is 46.6 cm³/mol. The van der Waals surface area contributed by atoms with Crippen LogP contribution in [0.1, 0.15) is 25.3 Å². The van der Waals surface area contributed by atoms with E-state index in [9.17, 15) is 0 Å². The maximum atomic E-state index is 3.17. The quantitative estimate of drug-likeness (QED) is 0.505. The van der Waals surface area contributed by atoms with E-state index in [1.54, 1.807) is 0 Å². The van der Waals surface area contributed by atoms with Crippen LogP contribution in [-0.4, -0.2) is 0 Å². The van der Waals surface area contributed by atoms with Crippen molar-refractivity contribution in [2.24, 2.45) is 0 Å². The summed E-state index contributed by atoms with van der Waals surface area (Å²) in [6.07, 6.45) is 0. The fourth-order valence-corrected chi connectivity index (χ4v) is 0.766. The molecule has 0 unspecified atom stereocenters. The van der Waals surface area contributed by atoms with E-state index in [1.807, 2.05) is 18.2 Å². The first-order chi connectivity index (χ1) is 4.30. The minimum absolute atomic E-state index is 0. The molecule has 0 spiro atoms. The van der Waals surface area contributed by atoms with E-state index in [-0.39, 0.29) is 31.9 Å². The van der Waals surface area contributed by atoms with Crippen molar-refractivity contribution in [3.63, 3.8) is 0 Å². The first kappa shape index (κ1) is 13.7. The van der Waals surface area contributed by atoms with E-state index in [0.717, 1.165) is 0 Å². The molecule has 1 aromatic rings. The second-order valence-electron chi connectivity index (χ2n) is 2.47. The predicted octanol–water partition coefficient (Wildman–Crippen LogP) is 3.03. The van der Waals surface area contributed by atoms with Crippen molar-refractivity contribution in [2.75, 3.05) is 0 Å². The molecule has 0 aromatic heterocycles. The van der Waals surface area contributed by atoms with Gasteiger partial charge >= 0.3 is 0 Å². The molecule has 0 heterocycles. The molecule has 11 heavy (non-hydrogen) atoms. The minimum Gasteiger partial charge on any atom is -0.180 e. The molecular formula is C9H12ClZn-. The first-order valence-electron chi connectivity index (χ1n) is 3.27. The Hall–Kier alpha value is 0.133. The van der Waals surface area contributed by atoms with E-state index >= 15 is 0 Å². The third-order valence-corrected chi connectivity index (χ3v) is 1.36. The molecule has 58 valence electrons. The zero-order chi connectivity index (χ0) is 6.69. The van der Waals surface area contributed by atoms with Crippen LogP contribution < -0.4 is 0 Å². The number of rotatable bonds is 1. The molecule has 0 N–H and O–H groups in total. The Kier molecular flexibility index (Phi) is 8.50. The van der Waals surface area contributed by atoms with Crippen molar-refractivity contribution < 1.29 is 19.5 Å². The Labute approximate surface area is 87.6 Å². The Bertz CT molecular complexity index is 172. The molecule has 0 atom stereocenters. The molecule has 2 heteroatoms. The Balaban J connectivity index is 0. The molecule has 0 saturated carbocycles. The van der Waals surface area contributed by atoms with Crippen LogP contribution in [0.5, 0.6) is 0 Å². The fraction of sp³-hybridized carbons (Fsp3) is 0.333. The van der Waals surface area contributed by atoms with E-state index in [4.69, 9.17) is 0 Å². The summed E-state index contributed by atoms with van der Waals surface area (Å²) < 4.78 is 0. The first-order valence-corrected chi connectivity index (χ1v) is 3.27. The van der Waals surface area contributed by atoms with Gasteiger partial charge in [-0.2, -0.15) is 35.9 Å². The summed E-state index contributed by atoms with van der Waals surface area (Å²) in [5, 5.41) is 0. The number of hydrogen-bond donors (Lipinski definition) is 0. The summed E-state index contributed by atoms with van der Waals surface area (Å²) in [7, 11) is 0. The van der Waals surface area contributed by atoms with Crippen LogP contribution >= 0.6 is 12.4 Å². The van der Waals surface area contributed by atoms with Crippen LogP contribution in [0, 0.1) is 6.07 Å². The normalized spacial score (nSPS) is 8.27. The van der Waals surface area contributed by atoms with Gasteiger partial charge in [-0.25, -0.2) is 0 Å². The van der Waals surface area contributed by atoms with Crippen LogP contribution in [0.3, 0.4) is 0 Å².